The monoisotopic (exact) mass is 376 g/mol. The maximum Gasteiger partial charge on any atom is 0.138 e. The fourth-order valence-corrected chi connectivity index (χ4v) is 2.44. The highest BCUT2D eigenvalue weighted by Crippen LogP contribution is 2.24. The first-order chi connectivity index (χ1) is 11.2. The third kappa shape index (κ3) is 4.29. The van der Waals surface area contributed by atoms with Crippen LogP contribution in [0.15, 0.2) is 59.6 Å². The molecular formula is C16H14BrFN4O. The molecule has 118 valence electrons. The average Bonchev–Trinajstić information content (AvgIpc) is 3.07. The summed E-state index contributed by atoms with van der Waals surface area (Å²) < 4.78 is 21.4. The molecule has 0 bridgehead atoms. The molecule has 0 fully saturated rings. The summed E-state index contributed by atoms with van der Waals surface area (Å²) in [5, 5.41) is 7.47. The van der Waals surface area contributed by atoms with E-state index in [-0.39, 0.29) is 5.82 Å². The molecule has 0 saturated heterocycles. The minimum absolute atomic E-state index is 0.253. The van der Waals surface area contributed by atoms with Crippen LogP contribution < -0.4 is 10.2 Å². The standard InChI is InChI=1S/C16H14BrFN4O/c17-14-3-6-16(23-9-12-1-4-15(18)5-2-12)13(7-14)8-21-22-10-19-20-11-22/h1-7,10-11,21H,8-9H2. The average molecular weight is 377 g/mol. The van der Waals surface area contributed by atoms with Crippen LogP contribution in [0.5, 0.6) is 5.75 Å². The van der Waals surface area contributed by atoms with Crippen molar-refractivity contribution >= 4 is 15.9 Å². The molecule has 1 aromatic heterocycles. The van der Waals surface area contributed by atoms with Crippen LogP contribution in [0.2, 0.25) is 0 Å². The van der Waals surface area contributed by atoms with Gasteiger partial charge >= 0.3 is 0 Å². The molecule has 0 radical (unpaired) electrons. The second-order valence-electron chi connectivity index (χ2n) is 4.87. The van der Waals surface area contributed by atoms with Crippen LogP contribution in [0, 0.1) is 5.82 Å². The third-order valence-electron chi connectivity index (χ3n) is 3.20. The molecule has 1 heterocycles. The minimum atomic E-state index is -0.253. The zero-order valence-electron chi connectivity index (χ0n) is 12.1. The summed E-state index contributed by atoms with van der Waals surface area (Å²) in [6.07, 6.45) is 3.16. The van der Waals surface area contributed by atoms with Crippen molar-refractivity contribution in [1.82, 2.24) is 14.9 Å². The molecule has 0 aliphatic heterocycles. The zero-order valence-corrected chi connectivity index (χ0v) is 13.7. The van der Waals surface area contributed by atoms with E-state index in [9.17, 15) is 4.39 Å². The minimum Gasteiger partial charge on any atom is -0.489 e. The Labute approximate surface area is 141 Å². The van der Waals surface area contributed by atoms with Gasteiger partial charge in [-0.3, -0.25) is 0 Å². The summed E-state index contributed by atoms with van der Waals surface area (Å²) in [5.74, 6) is 0.509. The zero-order chi connectivity index (χ0) is 16.1. The first kappa shape index (κ1) is 15.5. The number of hydrogen-bond acceptors (Lipinski definition) is 4. The molecule has 0 atom stereocenters. The van der Waals surface area contributed by atoms with E-state index >= 15 is 0 Å². The number of nitrogens with zero attached hydrogens (tertiary/aromatic N) is 3. The maximum absolute atomic E-state index is 12.9. The van der Waals surface area contributed by atoms with Gasteiger partial charge in [-0.2, -0.15) is 0 Å². The lowest BCUT2D eigenvalue weighted by Gasteiger charge is -2.13. The van der Waals surface area contributed by atoms with Gasteiger partial charge in [0.25, 0.3) is 0 Å². The van der Waals surface area contributed by atoms with Gasteiger partial charge in [0.2, 0.25) is 0 Å². The first-order valence-electron chi connectivity index (χ1n) is 6.95. The highest BCUT2D eigenvalue weighted by atomic mass is 79.9. The Kier molecular flexibility index (Phi) is 4.87. The quantitative estimate of drug-likeness (QED) is 0.715. The molecule has 0 spiro atoms. The van der Waals surface area contributed by atoms with Gasteiger partial charge in [0, 0.05) is 10.0 Å². The van der Waals surface area contributed by atoms with E-state index in [1.807, 2.05) is 18.2 Å². The number of hydrogen-bond donors (Lipinski definition) is 1. The van der Waals surface area contributed by atoms with Crippen molar-refractivity contribution in [2.75, 3.05) is 5.43 Å². The van der Waals surface area contributed by atoms with Crippen LogP contribution in [0.4, 0.5) is 4.39 Å². The van der Waals surface area contributed by atoms with E-state index < -0.39 is 0 Å². The van der Waals surface area contributed by atoms with E-state index in [2.05, 4.69) is 31.6 Å². The molecule has 3 aromatic rings. The molecule has 5 nitrogen and oxygen atoms in total. The molecule has 0 amide bonds. The molecule has 0 aliphatic carbocycles. The fourth-order valence-electron chi connectivity index (χ4n) is 2.03. The second-order valence-corrected chi connectivity index (χ2v) is 5.79. The lowest BCUT2D eigenvalue weighted by Crippen LogP contribution is -2.13. The Morgan fingerprint density at radius 2 is 1.83 bits per heavy atom. The Balaban J connectivity index is 1.69. The predicted octanol–water partition coefficient (Wildman–Crippen LogP) is 3.50. The molecule has 3 rings (SSSR count). The number of benzene rings is 2. The van der Waals surface area contributed by atoms with Gasteiger partial charge < -0.3 is 10.2 Å². The third-order valence-corrected chi connectivity index (χ3v) is 3.69. The molecule has 0 aliphatic rings. The van der Waals surface area contributed by atoms with E-state index in [0.29, 0.717) is 13.2 Å². The van der Waals surface area contributed by atoms with E-state index in [1.54, 1.807) is 29.5 Å². The smallest absolute Gasteiger partial charge is 0.138 e. The summed E-state index contributed by atoms with van der Waals surface area (Å²) in [5.41, 5.74) is 5.05. The second kappa shape index (κ2) is 7.23. The van der Waals surface area contributed by atoms with Crippen molar-refractivity contribution in [2.45, 2.75) is 13.2 Å². The molecule has 2 aromatic carbocycles. The Morgan fingerprint density at radius 1 is 1.09 bits per heavy atom. The van der Waals surface area contributed by atoms with Crippen molar-refractivity contribution in [3.05, 3.63) is 76.5 Å². The van der Waals surface area contributed by atoms with Gasteiger partial charge in [0.15, 0.2) is 0 Å². The van der Waals surface area contributed by atoms with Crippen LogP contribution in [0.3, 0.4) is 0 Å². The van der Waals surface area contributed by atoms with E-state index in [0.717, 1.165) is 21.3 Å². The van der Waals surface area contributed by atoms with Crippen LogP contribution in [-0.2, 0) is 13.2 Å². The summed E-state index contributed by atoms with van der Waals surface area (Å²) in [7, 11) is 0. The lowest BCUT2D eigenvalue weighted by molar-refractivity contribution is 0.303. The molecule has 1 N–H and O–H groups in total. The Morgan fingerprint density at radius 3 is 2.57 bits per heavy atom. The molecule has 23 heavy (non-hydrogen) atoms. The van der Waals surface area contributed by atoms with Crippen molar-refractivity contribution < 1.29 is 9.13 Å². The normalized spacial score (nSPS) is 10.5. The molecule has 0 unspecified atom stereocenters. The summed E-state index contributed by atoms with van der Waals surface area (Å²) >= 11 is 3.46. The summed E-state index contributed by atoms with van der Waals surface area (Å²) in [6.45, 7) is 0.928. The number of ether oxygens (including phenoxy) is 1. The Hall–Kier alpha value is -2.41. The van der Waals surface area contributed by atoms with Crippen LogP contribution >= 0.6 is 15.9 Å². The highest BCUT2D eigenvalue weighted by Gasteiger charge is 2.06. The summed E-state index contributed by atoms with van der Waals surface area (Å²) in [4.78, 5) is 0. The van der Waals surface area contributed by atoms with Gasteiger partial charge in [0.1, 0.15) is 30.8 Å². The number of rotatable bonds is 6. The van der Waals surface area contributed by atoms with E-state index in [1.165, 1.54) is 12.1 Å². The fraction of sp³-hybridized carbons (Fsp3) is 0.125. The van der Waals surface area contributed by atoms with Crippen molar-refractivity contribution in [1.29, 1.82) is 0 Å². The Bertz CT molecular complexity index is 762. The van der Waals surface area contributed by atoms with Crippen molar-refractivity contribution in [3.8, 4) is 5.75 Å². The predicted molar refractivity (Wildman–Crippen MR) is 88.0 cm³/mol. The van der Waals surface area contributed by atoms with E-state index in [4.69, 9.17) is 4.74 Å². The molecule has 0 saturated carbocycles. The maximum atomic E-state index is 12.9. The van der Waals surface area contributed by atoms with Gasteiger partial charge in [-0.05, 0) is 35.9 Å². The molecular weight excluding hydrogens is 363 g/mol. The van der Waals surface area contributed by atoms with Crippen molar-refractivity contribution in [2.24, 2.45) is 0 Å². The van der Waals surface area contributed by atoms with Gasteiger partial charge in [-0.15, -0.1) is 10.2 Å². The molecule has 7 heteroatoms. The van der Waals surface area contributed by atoms with Gasteiger partial charge in [-0.1, -0.05) is 28.1 Å². The van der Waals surface area contributed by atoms with Crippen LogP contribution in [-0.4, -0.2) is 14.9 Å². The van der Waals surface area contributed by atoms with Crippen LogP contribution in [0.1, 0.15) is 11.1 Å². The SMILES string of the molecule is Fc1ccc(COc2ccc(Br)cc2CNn2cnnc2)cc1. The largest absolute Gasteiger partial charge is 0.489 e. The topological polar surface area (TPSA) is 52.0 Å². The van der Waals surface area contributed by atoms with Gasteiger partial charge in [0.05, 0.1) is 6.54 Å². The van der Waals surface area contributed by atoms with Crippen LogP contribution in [0.25, 0.3) is 0 Å². The summed E-state index contributed by atoms with van der Waals surface area (Å²) in [6, 6.07) is 12.1. The lowest BCUT2D eigenvalue weighted by atomic mass is 10.2. The van der Waals surface area contributed by atoms with Gasteiger partial charge in [-0.25, -0.2) is 9.07 Å². The first-order valence-corrected chi connectivity index (χ1v) is 7.74. The number of nitrogens with one attached hydrogen (secondary N) is 1. The number of aromatic nitrogens is 3. The highest BCUT2D eigenvalue weighted by molar-refractivity contribution is 9.10. The van der Waals surface area contributed by atoms with Crippen molar-refractivity contribution in [3.63, 3.8) is 0 Å². The number of halogens is 2.